The molecule has 5 heteroatoms. The van der Waals surface area contributed by atoms with Crippen molar-refractivity contribution in [2.45, 2.75) is 89.3 Å². The minimum atomic E-state index is -0.342. The van der Waals surface area contributed by atoms with Gasteiger partial charge >= 0.3 is 5.97 Å². The third-order valence-electron chi connectivity index (χ3n) is 8.89. The molecule has 5 rings (SSSR count). The number of methoxy groups -OCH3 is 1. The van der Waals surface area contributed by atoms with Gasteiger partial charge in [0.2, 0.25) is 0 Å². The number of fused-ring (bicyclic) bond motifs is 1. The summed E-state index contributed by atoms with van der Waals surface area (Å²) in [6.07, 6.45) is 6.87. The summed E-state index contributed by atoms with van der Waals surface area (Å²) < 4.78 is 24.3. The minimum absolute atomic E-state index is 0.0247. The van der Waals surface area contributed by atoms with Gasteiger partial charge < -0.3 is 18.9 Å². The number of carbonyl (C=O) groups excluding carboxylic acids is 1. The van der Waals surface area contributed by atoms with Crippen LogP contribution in [0.1, 0.15) is 65.7 Å². The molecule has 0 aromatic heterocycles. The molecule has 2 aliphatic carbocycles. The molecule has 3 aliphatic heterocycles. The number of hydrogen-bond acceptors (Lipinski definition) is 5. The Labute approximate surface area is 156 Å². The topological polar surface area (TPSA) is 54.0 Å². The van der Waals surface area contributed by atoms with Gasteiger partial charge in [-0.05, 0) is 44.9 Å². The summed E-state index contributed by atoms with van der Waals surface area (Å²) in [7, 11) is 1.71. The monoisotopic (exact) mass is 364 g/mol. The summed E-state index contributed by atoms with van der Waals surface area (Å²) in [5.41, 5.74) is -0.772. The molecule has 26 heavy (non-hydrogen) atoms. The standard InChI is InChI=1S/C21H32O5/c1-13-10-14-16-18(2,17(22)25-14)6-5-7-19(16,3)21(13)9-8-20(26-21)11-15(23-4)24-12-20/h13-16H,5-12H2,1-4H3/t13-,14-,15-,16+,18+,19-,20-,21-/m1/s1. The molecule has 0 N–H and O–H groups in total. The highest BCUT2D eigenvalue weighted by molar-refractivity contribution is 5.80. The van der Waals surface area contributed by atoms with Crippen LogP contribution in [0.2, 0.25) is 0 Å². The smallest absolute Gasteiger partial charge is 0.312 e. The Morgan fingerprint density at radius 3 is 2.69 bits per heavy atom. The van der Waals surface area contributed by atoms with Crippen molar-refractivity contribution in [1.82, 2.24) is 0 Å². The zero-order chi connectivity index (χ0) is 18.4. The number of rotatable bonds is 1. The SMILES string of the molecule is CO[C@H]1C[C@]2(CC[C@@]3(O2)[C@H](C)C[C@H]2OC(=O)[C@@]4(C)CCC[C@]3(C)[C@@H]24)CO1. The molecule has 8 atom stereocenters. The van der Waals surface area contributed by atoms with Crippen LogP contribution in [0.4, 0.5) is 0 Å². The molecule has 2 spiro atoms. The van der Waals surface area contributed by atoms with Crippen molar-refractivity contribution >= 4 is 5.97 Å². The maximum absolute atomic E-state index is 12.8. The van der Waals surface area contributed by atoms with E-state index in [0.717, 1.165) is 44.9 Å². The second kappa shape index (κ2) is 5.24. The summed E-state index contributed by atoms with van der Waals surface area (Å²) in [6, 6.07) is 0. The van der Waals surface area contributed by atoms with Crippen molar-refractivity contribution in [3.05, 3.63) is 0 Å². The van der Waals surface area contributed by atoms with Gasteiger partial charge in [0.1, 0.15) is 6.10 Å². The fraction of sp³-hybridized carbons (Fsp3) is 0.952. The largest absolute Gasteiger partial charge is 0.462 e. The molecule has 0 bridgehead atoms. The maximum atomic E-state index is 12.8. The van der Waals surface area contributed by atoms with Crippen LogP contribution in [0.25, 0.3) is 0 Å². The van der Waals surface area contributed by atoms with E-state index in [1.165, 1.54) is 0 Å². The van der Waals surface area contributed by atoms with E-state index >= 15 is 0 Å². The quantitative estimate of drug-likeness (QED) is 0.667. The summed E-state index contributed by atoms with van der Waals surface area (Å²) in [5, 5.41) is 0. The van der Waals surface area contributed by atoms with E-state index in [-0.39, 0.29) is 46.3 Å². The molecule has 0 unspecified atom stereocenters. The van der Waals surface area contributed by atoms with Crippen LogP contribution >= 0.6 is 0 Å². The maximum Gasteiger partial charge on any atom is 0.312 e. The van der Waals surface area contributed by atoms with E-state index in [4.69, 9.17) is 18.9 Å². The van der Waals surface area contributed by atoms with Gasteiger partial charge in [-0.1, -0.05) is 20.3 Å². The Hall–Kier alpha value is -0.650. The van der Waals surface area contributed by atoms with Crippen LogP contribution in [-0.2, 0) is 23.7 Å². The molecular weight excluding hydrogens is 332 g/mol. The average molecular weight is 364 g/mol. The van der Waals surface area contributed by atoms with Crippen molar-refractivity contribution < 1.29 is 23.7 Å². The first-order valence-electron chi connectivity index (χ1n) is 10.3. The lowest BCUT2D eigenvalue weighted by atomic mass is 9.44. The second-order valence-corrected chi connectivity index (χ2v) is 10.1. The fourth-order valence-corrected chi connectivity index (χ4v) is 7.70. The highest BCUT2D eigenvalue weighted by Gasteiger charge is 2.74. The fourth-order valence-electron chi connectivity index (χ4n) is 7.70. The van der Waals surface area contributed by atoms with Crippen molar-refractivity contribution in [3.8, 4) is 0 Å². The first kappa shape index (κ1) is 17.4. The lowest BCUT2D eigenvalue weighted by molar-refractivity contribution is -0.251. The second-order valence-electron chi connectivity index (χ2n) is 10.1. The van der Waals surface area contributed by atoms with Gasteiger partial charge in [0.25, 0.3) is 0 Å². The number of esters is 1. The Morgan fingerprint density at radius 1 is 1.15 bits per heavy atom. The summed E-state index contributed by atoms with van der Waals surface area (Å²) in [6.45, 7) is 7.47. The van der Waals surface area contributed by atoms with E-state index in [0.29, 0.717) is 12.5 Å². The summed E-state index contributed by atoms with van der Waals surface area (Å²) in [5.74, 6) is 0.671. The van der Waals surface area contributed by atoms with Gasteiger partial charge in [0.15, 0.2) is 6.29 Å². The highest BCUT2D eigenvalue weighted by Crippen LogP contribution is 2.70. The van der Waals surface area contributed by atoms with Crippen molar-refractivity contribution in [3.63, 3.8) is 0 Å². The molecule has 146 valence electrons. The van der Waals surface area contributed by atoms with Crippen LogP contribution in [0.5, 0.6) is 0 Å². The van der Waals surface area contributed by atoms with Gasteiger partial charge in [-0.2, -0.15) is 0 Å². The Balaban J connectivity index is 1.55. The molecule has 0 aromatic rings. The van der Waals surface area contributed by atoms with Gasteiger partial charge in [-0.15, -0.1) is 0 Å². The average Bonchev–Trinajstić information content (AvgIpc) is 3.25. The molecule has 0 radical (unpaired) electrons. The minimum Gasteiger partial charge on any atom is -0.462 e. The predicted molar refractivity (Wildman–Crippen MR) is 94.4 cm³/mol. The van der Waals surface area contributed by atoms with Crippen LogP contribution in [0.15, 0.2) is 0 Å². The van der Waals surface area contributed by atoms with Crippen molar-refractivity contribution in [1.29, 1.82) is 0 Å². The van der Waals surface area contributed by atoms with E-state index in [2.05, 4.69) is 20.8 Å². The highest BCUT2D eigenvalue weighted by atomic mass is 16.7. The molecule has 3 heterocycles. The van der Waals surface area contributed by atoms with E-state index in [1.807, 2.05) is 0 Å². The predicted octanol–water partition coefficient (Wildman–Crippen LogP) is 3.45. The van der Waals surface area contributed by atoms with Crippen LogP contribution in [0.3, 0.4) is 0 Å². The lowest BCUT2D eigenvalue weighted by Gasteiger charge is -2.62. The van der Waals surface area contributed by atoms with Gasteiger partial charge in [-0.25, -0.2) is 0 Å². The Kier molecular flexibility index (Phi) is 3.51. The zero-order valence-corrected chi connectivity index (χ0v) is 16.5. The van der Waals surface area contributed by atoms with E-state index < -0.39 is 0 Å². The molecule has 2 saturated carbocycles. The molecule has 3 saturated heterocycles. The third kappa shape index (κ3) is 1.90. The number of ether oxygens (including phenoxy) is 4. The van der Waals surface area contributed by atoms with Crippen LogP contribution in [0, 0.1) is 22.7 Å². The lowest BCUT2D eigenvalue weighted by Crippen LogP contribution is -2.65. The van der Waals surface area contributed by atoms with Crippen LogP contribution in [-0.4, -0.2) is 43.3 Å². The van der Waals surface area contributed by atoms with Crippen molar-refractivity contribution in [2.24, 2.45) is 22.7 Å². The first-order valence-corrected chi connectivity index (χ1v) is 10.3. The third-order valence-corrected chi connectivity index (χ3v) is 8.89. The van der Waals surface area contributed by atoms with Gasteiger partial charge in [0, 0.05) is 24.9 Å². The summed E-state index contributed by atoms with van der Waals surface area (Å²) in [4.78, 5) is 12.8. The first-order chi connectivity index (χ1) is 12.3. The Bertz CT molecular complexity index is 636. The zero-order valence-electron chi connectivity index (χ0n) is 16.5. The number of hydrogen-bond donors (Lipinski definition) is 0. The van der Waals surface area contributed by atoms with Crippen molar-refractivity contribution in [2.75, 3.05) is 13.7 Å². The van der Waals surface area contributed by atoms with Gasteiger partial charge in [0.05, 0.1) is 23.2 Å². The molecule has 5 fully saturated rings. The van der Waals surface area contributed by atoms with E-state index in [1.54, 1.807) is 7.11 Å². The summed E-state index contributed by atoms with van der Waals surface area (Å²) >= 11 is 0. The van der Waals surface area contributed by atoms with Gasteiger partial charge in [-0.3, -0.25) is 4.79 Å². The Morgan fingerprint density at radius 2 is 1.96 bits per heavy atom. The van der Waals surface area contributed by atoms with Crippen LogP contribution < -0.4 is 0 Å². The molecule has 0 amide bonds. The normalized spacial score (nSPS) is 58.4. The molecule has 5 nitrogen and oxygen atoms in total. The molecule has 5 aliphatic rings. The molecule has 0 aromatic carbocycles. The van der Waals surface area contributed by atoms with E-state index in [9.17, 15) is 4.79 Å². The number of carbonyl (C=O) groups is 1. The molecular formula is C21H32O5.